The lowest BCUT2D eigenvalue weighted by atomic mass is 10.1. The van der Waals surface area contributed by atoms with Crippen molar-refractivity contribution in [1.29, 1.82) is 0 Å². The quantitative estimate of drug-likeness (QED) is 0.847. The second-order valence-corrected chi connectivity index (χ2v) is 6.75. The molecule has 7 heteroatoms. The molecule has 4 nitrogen and oxygen atoms in total. The molecule has 2 rings (SSSR count). The SMILES string of the molecule is Cc1ccc(N)c(C)c1S(=O)(=O)Nc1cc(F)cc(Cl)c1. The Morgan fingerprint density at radius 1 is 1.19 bits per heavy atom. The normalized spacial score (nSPS) is 11.4. The van der Waals surface area contributed by atoms with E-state index < -0.39 is 15.8 Å². The molecule has 0 saturated heterocycles. The summed E-state index contributed by atoms with van der Waals surface area (Å²) in [6.45, 7) is 3.29. The van der Waals surface area contributed by atoms with E-state index in [1.165, 1.54) is 6.07 Å². The molecular weight excluding hydrogens is 315 g/mol. The second kappa shape index (κ2) is 5.54. The first-order valence-corrected chi connectivity index (χ1v) is 7.91. The molecule has 2 aromatic carbocycles. The van der Waals surface area contributed by atoms with Gasteiger partial charge in [0.05, 0.1) is 10.6 Å². The van der Waals surface area contributed by atoms with Gasteiger partial charge in [-0.15, -0.1) is 0 Å². The van der Waals surface area contributed by atoms with Crippen LogP contribution in [0.25, 0.3) is 0 Å². The minimum Gasteiger partial charge on any atom is -0.398 e. The van der Waals surface area contributed by atoms with Crippen molar-refractivity contribution in [2.45, 2.75) is 18.7 Å². The van der Waals surface area contributed by atoms with Crippen LogP contribution in [0.3, 0.4) is 0 Å². The van der Waals surface area contributed by atoms with Gasteiger partial charge in [-0.2, -0.15) is 0 Å². The lowest BCUT2D eigenvalue weighted by Crippen LogP contribution is -2.16. The number of halogens is 2. The minimum atomic E-state index is -3.89. The molecule has 0 bridgehead atoms. The average Bonchev–Trinajstić information content (AvgIpc) is 2.32. The molecule has 3 N–H and O–H groups in total. The van der Waals surface area contributed by atoms with Crippen LogP contribution in [-0.4, -0.2) is 8.42 Å². The van der Waals surface area contributed by atoms with Gasteiger partial charge in [-0.3, -0.25) is 4.72 Å². The Hall–Kier alpha value is -1.79. The van der Waals surface area contributed by atoms with Gasteiger partial charge in [-0.1, -0.05) is 17.7 Å². The molecule has 0 aliphatic heterocycles. The molecule has 0 aromatic heterocycles. The number of aryl methyl sites for hydroxylation is 1. The average molecular weight is 329 g/mol. The van der Waals surface area contributed by atoms with E-state index in [4.69, 9.17) is 17.3 Å². The highest BCUT2D eigenvalue weighted by molar-refractivity contribution is 7.92. The van der Waals surface area contributed by atoms with E-state index in [1.54, 1.807) is 26.0 Å². The fraction of sp³-hybridized carbons (Fsp3) is 0.143. The van der Waals surface area contributed by atoms with E-state index in [-0.39, 0.29) is 15.6 Å². The molecule has 0 heterocycles. The maximum absolute atomic E-state index is 13.3. The van der Waals surface area contributed by atoms with Crippen LogP contribution in [0.4, 0.5) is 15.8 Å². The summed E-state index contributed by atoms with van der Waals surface area (Å²) in [5.41, 5.74) is 7.19. The summed E-state index contributed by atoms with van der Waals surface area (Å²) in [6, 6.07) is 6.74. The number of hydrogen-bond acceptors (Lipinski definition) is 3. The zero-order valence-corrected chi connectivity index (χ0v) is 13.0. The Bertz CT molecular complexity index is 787. The van der Waals surface area contributed by atoms with Gasteiger partial charge in [0.2, 0.25) is 0 Å². The van der Waals surface area contributed by atoms with E-state index >= 15 is 0 Å². The minimum absolute atomic E-state index is 0.0567. The van der Waals surface area contributed by atoms with Crippen molar-refractivity contribution in [2.24, 2.45) is 0 Å². The van der Waals surface area contributed by atoms with E-state index in [2.05, 4.69) is 4.72 Å². The Balaban J connectivity index is 2.51. The number of hydrogen-bond donors (Lipinski definition) is 2. The van der Waals surface area contributed by atoms with E-state index in [0.29, 0.717) is 16.8 Å². The maximum atomic E-state index is 13.3. The fourth-order valence-corrected chi connectivity index (χ4v) is 3.84. The van der Waals surface area contributed by atoms with Gasteiger partial charge in [-0.25, -0.2) is 12.8 Å². The molecule has 0 saturated carbocycles. The summed E-state index contributed by atoms with van der Waals surface area (Å²) in [5, 5.41) is 0.105. The predicted molar refractivity (Wildman–Crippen MR) is 82.5 cm³/mol. The van der Waals surface area contributed by atoms with E-state index in [0.717, 1.165) is 12.1 Å². The summed E-state index contributed by atoms with van der Waals surface area (Å²) >= 11 is 5.72. The zero-order valence-electron chi connectivity index (χ0n) is 11.4. The molecule has 0 fully saturated rings. The highest BCUT2D eigenvalue weighted by Crippen LogP contribution is 2.27. The van der Waals surface area contributed by atoms with Gasteiger partial charge in [0, 0.05) is 10.7 Å². The number of rotatable bonds is 3. The monoisotopic (exact) mass is 328 g/mol. The van der Waals surface area contributed by atoms with E-state index in [1.807, 2.05) is 0 Å². The smallest absolute Gasteiger partial charge is 0.262 e. The van der Waals surface area contributed by atoms with E-state index in [9.17, 15) is 12.8 Å². The van der Waals surface area contributed by atoms with Crippen LogP contribution in [0, 0.1) is 19.7 Å². The standard InChI is InChI=1S/C14H14ClFN2O2S/c1-8-3-4-13(17)9(2)14(8)21(19,20)18-12-6-10(15)5-11(16)7-12/h3-7,18H,17H2,1-2H3. The van der Waals surface area contributed by atoms with Crippen molar-refractivity contribution >= 4 is 33.0 Å². The van der Waals surface area contributed by atoms with Gasteiger partial charge in [0.15, 0.2) is 0 Å². The molecule has 0 aliphatic rings. The Morgan fingerprint density at radius 2 is 1.86 bits per heavy atom. The molecule has 0 radical (unpaired) electrons. The van der Waals surface area contributed by atoms with Crippen LogP contribution >= 0.6 is 11.6 Å². The molecular formula is C14H14ClFN2O2S. The van der Waals surface area contributed by atoms with Crippen molar-refractivity contribution < 1.29 is 12.8 Å². The molecule has 2 aromatic rings. The number of nitrogens with two attached hydrogens (primary N) is 1. The Kier molecular flexibility index (Phi) is 4.11. The van der Waals surface area contributed by atoms with Crippen molar-refractivity contribution in [3.63, 3.8) is 0 Å². The van der Waals surface area contributed by atoms with Crippen molar-refractivity contribution in [3.8, 4) is 0 Å². The van der Waals surface area contributed by atoms with Gasteiger partial charge < -0.3 is 5.73 Å². The first kappa shape index (κ1) is 15.6. The van der Waals surface area contributed by atoms with Crippen LogP contribution < -0.4 is 10.5 Å². The number of sulfonamides is 1. The van der Waals surface area contributed by atoms with Crippen molar-refractivity contribution in [2.75, 3.05) is 10.5 Å². The lowest BCUT2D eigenvalue weighted by Gasteiger charge is -2.14. The molecule has 0 atom stereocenters. The highest BCUT2D eigenvalue weighted by atomic mass is 35.5. The molecule has 0 amide bonds. The largest absolute Gasteiger partial charge is 0.398 e. The number of benzene rings is 2. The predicted octanol–water partition coefficient (Wildman–Crippen LogP) is 3.48. The first-order valence-electron chi connectivity index (χ1n) is 6.05. The van der Waals surface area contributed by atoms with Crippen LogP contribution in [-0.2, 0) is 10.0 Å². The van der Waals surface area contributed by atoms with Crippen molar-refractivity contribution in [1.82, 2.24) is 0 Å². The van der Waals surface area contributed by atoms with Gasteiger partial charge in [0.25, 0.3) is 10.0 Å². The van der Waals surface area contributed by atoms with Crippen molar-refractivity contribution in [3.05, 3.63) is 52.3 Å². The van der Waals surface area contributed by atoms with Crippen LogP contribution in [0.1, 0.15) is 11.1 Å². The van der Waals surface area contributed by atoms with Crippen LogP contribution in [0.5, 0.6) is 0 Å². The third-order valence-electron chi connectivity index (χ3n) is 3.03. The summed E-state index contributed by atoms with van der Waals surface area (Å²) in [7, 11) is -3.89. The summed E-state index contributed by atoms with van der Waals surface area (Å²) in [4.78, 5) is 0.0860. The molecule has 21 heavy (non-hydrogen) atoms. The van der Waals surface area contributed by atoms with Gasteiger partial charge >= 0.3 is 0 Å². The third-order valence-corrected chi connectivity index (χ3v) is 4.92. The van der Waals surface area contributed by atoms with Crippen LogP contribution in [0.15, 0.2) is 35.2 Å². The summed E-state index contributed by atoms with van der Waals surface area (Å²) < 4.78 is 40.6. The fourth-order valence-electron chi connectivity index (χ4n) is 2.07. The summed E-state index contributed by atoms with van der Waals surface area (Å²) in [5.74, 6) is -0.624. The Labute approximate surface area is 127 Å². The lowest BCUT2D eigenvalue weighted by molar-refractivity contribution is 0.600. The maximum Gasteiger partial charge on any atom is 0.262 e. The Morgan fingerprint density at radius 3 is 2.48 bits per heavy atom. The van der Waals surface area contributed by atoms with Gasteiger partial charge in [0.1, 0.15) is 5.82 Å². The summed E-state index contributed by atoms with van der Waals surface area (Å²) in [6.07, 6.45) is 0. The number of nitrogen functional groups attached to an aromatic ring is 1. The second-order valence-electron chi connectivity index (χ2n) is 4.69. The molecule has 112 valence electrons. The highest BCUT2D eigenvalue weighted by Gasteiger charge is 2.21. The van der Waals surface area contributed by atoms with Crippen LogP contribution in [0.2, 0.25) is 5.02 Å². The first-order chi connectivity index (χ1) is 9.70. The third kappa shape index (κ3) is 3.28. The topological polar surface area (TPSA) is 72.2 Å². The molecule has 0 aliphatic carbocycles. The number of nitrogens with one attached hydrogen (secondary N) is 1. The molecule has 0 unspecified atom stereocenters. The zero-order chi connectivity index (χ0) is 15.8. The molecule has 0 spiro atoms. The number of anilines is 2. The van der Waals surface area contributed by atoms with Gasteiger partial charge in [-0.05, 0) is 49.2 Å².